The van der Waals surface area contributed by atoms with Crippen LogP contribution in [0.15, 0.2) is 53.4 Å². The van der Waals surface area contributed by atoms with Crippen LogP contribution < -0.4 is 5.32 Å². The van der Waals surface area contributed by atoms with Crippen LogP contribution in [0.1, 0.15) is 34.3 Å². The first kappa shape index (κ1) is 23.4. The summed E-state index contributed by atoms with van der Waals surface area (Å²) in [5.41, 5.74) is 2.55. The average molecular weight is 448 g/mol. The zero-order valence-electron chi connectivity index (χ0n) is 17.8. The molecule has 0 saturated carbocycles. The first-order chi connectivity index (χ1) is 14.8. The van der Waals surface area contributed by atoms with Gasteiger partial charge >= 0.3 is 0 Å². The molecule has 2 N–H and O–H groups in total. The first-order valence-corrected chi connectivity index (χ1v) is 11.6. The van der Waals surface area contributed by atoms with Gasteiger partial charge in [-0.1, -0.05) is 28.7 Å². The van der Waals surface area contributed by atoms with Gasteiger partial charge in [0, 0.05) is 38.8 Å². The largest absolute Gasteiger partial charge is 0.393 e. The number of rotatable bonds is 8. The zero-order valence-corrected chi connectivity index (χ0v) is 18.6. The van der Waals surface area contributed by atoms with Crippen LogP contribution >= 0.6 is 0 Å². The molecule has 0 aliphatic carbocycles. The molecule has 31 heavy (non-hydrogen) atoms. The molecule has 168 valence electrons. The Balaban J connectivity index is 1.52. The van der Waals surface area contributed by atoms with Gasteiger partial charge in [0.2, 0.25) is 0 Å². The lowest BCUT2D eigenvalue weighted by atomic mass is 10.1. The lowest BCUT2D eigenvalue weighted by Gasteiger charge is -2.29. The molecule has 1 saturated heterocycles. The molecule has 1 amide bonds. The van der Waals surface area contributed by atoms with E-state index in [1.54, 1.807) is 0 Å². The number of hydroxylamine groups is 1. The summed E-state index contributed by atoms with van der Waals surface area (Å²) in [6.45, 7) is 3.04. The van der Waals surface area contributed by atoms with Crippen molar-refractivity contribution in [3.05, 3.63) is 65.2 Å². The summed E-state index contributed by atoms with van der Waals surface area (Å²) in [6.07, 6.45) is 1.47. The highest BCUT2D eigenvalue weighted by Crippen LogP contribution is 2.16. The third-order valence-electron chi connectivity index (χ3n) is 5.45. The van der Waals surface area contributed by atoms with E-state index >= 15 is 0 Å². The predicted molar refractivity (Wildman–Crippen MR) is 117 cm³/mol. The number of hydrogen-bond donors (Lipinski definition) is 2. The summed E-state index contributed by atoms with van der Waals surface area (Å²) < 4.78 is 25.2. The molecule has 0 spiro atoms. The van der Waals surface area contributed by atoms with Gasteiger partial charge < -0.3 is 10.4 Å². The van der Waals surface area contributed by atoms with Crippen molar-refractivity contribution in [2.75, 3.05) is 27.2 Å². The molecule has 0 radical (unpaired) electrons. The molecule has 1 aliphatic rings. The van der Waals surface area contributed by atoms with Crippen LogP contribution in [0.2, 0.25) is 0 Å². The molecule has 1 aliphatic heterocycles. The van der Waals surface area contributed by atoms with Crippen molar-refractivity contribution in [2.45, 2.75) is 36.9 Å². The van der Waals surface area contributed by atoms with Crippen molar-refractivity contribution in [2.24, 2.45) is 0 Å². The van der Waals surface area contributed by atoms with Crippen LogP contribution in [0.25, 0.3) is 0 Å². The number of aliphatic hydroxyl groups is 1. The van der Waals surface area contributed by atoms with E-state index in [2.05, 4.69) is 22.3 Å². The molecule has 2 aromatic rings. The van der Waals surface area contributed by atoms with Gasteiger partial charge in [0.1, 0.15) is 0 Å². The maximum absolute atomic E-state index is 12.4. The van der Waals surface area contributed by atoms with Gasteiger partial charge in [-0.2, -0.15) is 0 Å². The number of carbonyl (C=O) groups is 1. The van der Waals surface area contributed by atoms with Crippen LogP contribution in [0.5, 0.6) is 0 Å². The molecule has 1 fully saturated rings. The number of carbonyl (C=O) groups excluding carboxylic acids is 1. The summed E-state index contributed by atoms with van der Waals surface area (Å²) in [6, 6.07) is 13.8. The Hall–Kier alpha value is -2.30. The highest BCUT2D eigenvalue weighted by atomic mass is 32.2. The second-order valence-electron chi connectivity index (χ2n) is 7.63. The van der Waals surface area contributed by atoms with Gasteiger partial charge in [-0.3, -0.25) is 14.5 Å². The smallest absolute Gasteiger partial charge is 0.264 e. The maximum Gasteiger partial charge on any atom is 0.264 e. The van der Waals surface area contributed by atoms with E-state index in [9.17, 15) is 18.3 Å². The molecule has 2 aromatic carbocycles. The monoisotopic (exact) mass is 447 g/mol. The minimum Gasteiger partial charge on any atom is -0.393 e. The number of piperidine rings is 1. The van der Waals surface area contributed by atoms with Crippen LogP contribution in [-0.4, -0.2) is 62.2 Å². The molecule has 0 aromatic heterocycles. The number of nitrogens with zero attached hydrogens (tertiary/aromatic N) is 2. The van der Waals surface area contributed by atoms with Crippen molar-refractivity contribution < 1.29 is 23.2 Å². The van der Waals surface area contributed by atoms with E-state index < -0.39 is 10.0 Å². The number of nitrogens with one attached hydrogen (secondary N) is 1. The summed E-state index contributed by atoms with van der Waals surface area (Å²) in [5.74, 6) is -0.278. The standard InChI is InChI=1S/C22H29N3O5S/c1-24(30-2)31(28,29)21-9-7-19(8-10-21)22(27)23-15-17-3-5-18(6-4-17)16-25-13-11-20(26)12-14-25/h3-10,20,26H,11-16H2,1-2H3,(H,23,27). The first-order valence-electron chi connectivity index (χ1n) is 10.2. The molecule has 9 heteroatoms. The van der Waals surface area contributed by atoms with Crippen LogP contribution in [0.4, 0.5) is 0 Å². The summed E-state index contributed by atoms with van der Waals surface area (Å²) in [4.78, 5) is 19.5. The van der Waals surface area contributed by atoms with Crippen molar-refractivity contribution in [1.29, 1.82) is 0 Å². The fourth-order valence-electron chi connectivity index (χ4n) is 3.41. The molecular weight excluding hydrogens is 418 g/mol. The molecule has 3 rings (SSSR count). The van der Waals surface area contributed by atoms with Crippen LogP contribution in [0, 0.1) is 0 Å². The Morgan fingerprint density at radius 3 is 2.26 bits per heavy atom. The highest BCUT2D eigenvalue weighted by molar-refractivity contribution is 7.89. The van der Waals surface area contributed by atoms with E-state index in [1.165, 1.54) is 44.0 Å². The van der Waals surface area contributed by atoms with Gasteiger partial charge in [0.05, 0.1) is 18.1 Å². The second kappa shape index (κ2) is 10.3. The van der Waals surface area contributed by atoms with Gasteiger partial charge in [0.25, 0.3) is 15.9 Å². The Bertz CT molecular complexity index is 969. The van der Waals surface area contributed by atoms with Gasteiger partial charge in [-0.15, -0.1) is 0 Å². The van der Waals surface area contributed by atoms with Crippen molar-refractivity contribution >= 4 is 15.9 Å². The van der Waals surface area contributed by atoms with E-state index in [-0.39, 0.29) is 16.9 Å². The number of likely N-dealkylation sites (tertiary alicyclic amines) is 1. The maximum atomic E-state index is 12.4. The van der Waals surface area contributed by atoms with E-state index in [0.717, 1.165) is 42.5 Å². The topological polar surface area (TPSA) is 99.2 Å². The number of sulfonamides is 1. The molecule has 0 atom stereocenters. The number of amides is 1. The van der Waals surface area contributed by atoms with Crippen molar-refractivity contribution in [3.63, 3.8) is 0 Å². The van der Waals surface area contributed by atoms with Gasteiger partial charge in [0.15, 0.2) is 0 Å². The second-order valence-corrected chi connectivity index (χ2v) is 9.56. The molecular formula is C22H29N3O5S. The molecule has 0 unspecified atom stereocenters. The number of aliphatic hydroxyl groups excluding tert-OH is 1. The zero-order chi connectivity index (χ0) is 22.4. The average Bonchev–Trinajstić information content (AvgIpc) is 2.79. The Labute approximate surface area is 183 Å². The summed E-state index contributed by atoms with van der Waals surface area (Å²) >= 11 is 0. The Morgan fingerprint density at radius 1 is 1.10 bits per heavy atom. The predicted octanol–water partition coefficient (Wildman–Crippen LogP) is 1.76. The minimum absolute atomic E-state index is 0.0483. The third-order valence-corrected chi connectivity index (χ3v) is 7.14. The van der Waals surface area contributed by atoms with Crippen molar-refractivity contribution in [1.82, 2.24) is 14.7 Å². The summed E-state index contributed by atoms with van der Waals surface area (Å²) in [5, 5.41) is 12.5. The van der Waals surface area contributed by atoms with E-state index in [0.29, 0.717) is 12.1 Å². The minimum atomic E-state index is -3.74. The molecule has 1 heterocycles. The number of hydrogen-bond acceptors (Lipinski definition) is 6. The van der Waals surface area contributed by atoms with Gasteiger partial charge in [-0.25, -0.2) is 8.42 Å². The summed E-state index contributed by atoms with van der Waals surface area (Å²) in [7, 11) is -1.17. The quantitative estimate of drug-likeness (QED) is 0.599. The van der Waals surface area contributed by atoms with Crippen molar-refractivity contribution in [3.8, 4) is 0 Å². The number of benzene rings is 2. The Kier molecular flexibility index (Phi) is 7.79. The lowest BCUT2D eigenvalue weighted by molar-refractivity contribution is -0.0258. The van der Waals surface area contributed by atoms with Gasteiger partial charge in [-0.05, 0) is 48.2 Å². The SMILES string of the molecule is CON(C)S(=O)(=O)c1ccc(C(=O)NCc2ccc(CN3CCC(O)CC3)cc2)cc1. The third kappa shape index (κ3) is 6.11. The van der Waals surface area contributed by atoms with Crippen LogP contribution in [0.3, 0.4) is 0 Å². The van der Waals surface area contributed by atoms with E-state index in [4.69, 9.17) is 4.84 Å². The van der Waals surface area contributed by atoms with Crippen LogP contribution in [-0.2, 0) is 28.0 Å². The fourth-order valence-corrected chi connectivity index (χ4v) is 4.38. The normalized spacial score (nSPS) is 15.9. The Morgan fingerprint density at radius 2 is 1.68 bits per heavy atom. The highest BCUT2D eigenvalue weighted by Gasteiger charge is 2.21. The molecule has 0 bridgehead atoms. The molecule has 8 nitrogen and oxygen atoms in total. The van der Waals surface area contributed by atoms with E-state index in [1.807, 2.05) is 12.1 Å². The fraction of sp³-hybridized carbons (Fsp3) is 0.409. The lowest BCUT2D eigenvalue weighted by Crippen LogP contribution is -2.35.